The summed E-state index contributed by atoms with van der Waals surface area (Å²) in [6, 6.07) is 4.92. The molecule has 0 saturated heterocycles. The van der Waals surface area contributed by atoms with Gasteiger partial charge in [-0.15, -0.1) is 0 Å². The Morgan fingerprint density at radius 2 is 1.42 bits per heavy atom. The summed E-state index contributed by atoms with van der Waals surface area (Å²) >= 11 is 0. The third kappa shape index (κ3) is 14.6. The summed E-state index contributed by atoms with van der Waals surface area (Å²) in [6.45, 7) is 2.27. The molecule has 1 aromatic carbocycles. The average Bonchev–Trinajstić information content (AvgIpc) is 2.77. The van der Waals surface area contributed by atoms with E-state index < -0.39 is 0 Å². The molecule has 1 aromatic rings. The predicted molar refractivity (Wildman–Crippen MR) is 130 cm³/mol. The standard InChI is InChI=1S/C26H44N2O3/c1-3-4-5-6-7-8-9-10-11-12-13-14-15-16-17-18-26(30)28-27-22-23-19-20-24(29)25(21-23)31-2/h19-22,29H,3-18H2,1-2H3,(H,28,30)/b27-22+. The third-order valence-corrected chi connectivity index (χ3v) is 5.61. The fourth-order valence-electron chi connectivity index (χ4n) is 3.67. The number of amides is 1. The van der Waals surface area contributed by atoms with Crippen LogP contribution in [0.15, 0.2) is 23.3 Å². The first kappa shape index (κ1) is 27.0. The molecule has 5 nitrogen and oxygen atoms in total. The highest BCUT2D eigenvalue weighted by Gasteiger charge is 2.02. The molecular formula is C26H44N2O3. The van der Waals surface area contributed by atoms with E-state index in [4.69, 9.17) is 4.74 Å². The van der Waals surface area contributed by atoms with Crippen molar-refractivity contribution in [2.75, 3.05) is 7.11 Å². The average molecular weight is 433 g/mol. The van der Waals surface area contributed by atoms with Gasteiger partial charge in [0.25, 0.3) is 0 Å². The van der Waals surface area contributed by atoms with Crippen molar-refractivity contribution < 1.29 is 14.6 Å². The van der Waals surface area contributed by atoms with Crippen molar-refractivity contribution in [2.24, 2.45) is 5.10 Å². The molecule has 176 valence electrons. The molecule has 0 bridgehead atoms. The Hall–Kier alpha value is -2.04. The van der Waals surface area contributed by atoms with Crippen molar-refractivity contribution >= 4 is 12.1 Å². The smallest absolute Gasteiger partial charge is 0.240 e. The number of nitrogens with zero attached hydrogens (tertiary/aromatic N) is 1. The van der Waals surface area contributed by atoms with E-state index in [-0.39, 0.29) is 11.7 Å². The zero-order valence-electron chi connectivity index (χ0n) is 19.8. The Labute approximate surface area is 189 Å². The summed E-state index contributed by atoms with van der Waals surface area (Å²) < 4.78 is 5.05. The van der Waals surface area contributed by atoms with E-state index in [2.05, 4.69) is 17.5 Å². The van der Waals surface area contributed by atoms with Gasteiger partial charge in [0.15, 0.2) is 11.5 Å². The number of hydrogen-bond donors (Lipinski definition) is 2. The van der Waals surface area contributed by atoms with Crippen LogP contribution < -0.4 is 10.2 Å². The highest BCUT2D eigenvalue weighted by atomic mass is 16.5. The molecule has 31 heavy (non-hydrogen) atoms. The monoisotopic (exact) mass is 432 g/mol. The van der Waals surface area contributed by atoms with Gasteiger partial charge in [0.05, 0.1) is 13.3 Å². The van der Waals surface area contributed by atoms with E-state index in [9.17, 15) is 9.90 Å². The number of hydrazone groups is 1. The Balaban J connectivity index is 1.91. The summed E-state index contributed by atoms with van der Waals surface area (Å²) in [6.07, 6.45) is 21.8. The van der Waals surface area contributed by atoms with Crippen molar-refractivity contribution in [2.45, 2.75) is 110 Å². The van der Waals surface area contributed by atoms with Crippen molar-refractivity contribution in [1.82, 2.24) is 5.43 Å². The first-order chi connectivity index (χ1) is 15.2. The van der Waals surface area contributed by atoms with Crippen LogP contribution in [0.25, 0.3) is 0 Å². The van der Waals surface area contributed by atoms with E-state index >= 15 is 0 Å². The van der Waals surface area contributed by atoms with Crippen LogP contribution in [0.3, 0.4) is 0 Å². The lowest BCUT2D eigenvalue weighted by Crippen LogP contribution is -2.16. The molecular weight excluding hydrogens is 388 g/mol. The van der Waals surface area contributed by atoms with Crippen LogP contribution in [-0.4, -0.2) is 24.3 Å². The second-order valence-electron chi connectivity index (χ2n) is 8.42. The van der Waals surface area contributed by atoms with Gasteiger partial charge in [0.2, 0.25) is 5.91 Å². The molecule has 0 atom stereocenters. The molecule has 0 spiro atoms. The highest BCUT2D eigenvalue weighted by molar-refractivity contribution is 5.83. The van der Waals surface area contributed by atoms with Crippen LogP contribution in [0, 0.1) is 0 Å². The van der Waals surface area contributed by atoms with Crippen LogP contribution in [0.1, 0.15) is 115 Å². The summed E-state index contributed by atoms with van der Waals surface area (Å²) in [5.41, 5.74) is 3.31. The second-order valence-corrected chi connectivity index (χ2v) is 8.42. The molecule has 0 aliphatic rings. The largest absolute Gasteiger partial charge is 0.504 e. The molecule has 0 aliphatic carbocycles. The number of carbonyl (C=O) groups excluding carboxylic acids is 1. The third-order valence-electron chi connectivity index (χ3n) is 5.61. The zero-order chi connectivity index (χ0) is 22.6. The van der Waals surface area contributed by atoms with E-state index in [0.29, 0.717) is 12.2 Å². The number of ether oxygens (including phenoxy) is 1. The number of phenolic OH excluding ortho intramolecular Hbond substituents is 1. The van der Waals surface area contributed by atoms with Crippen molar-refractivity contribution in [3.05, 3.63) is 23.8 Å². The highest BCUT2D eigenvalue weighted by Crippen LogP contribution is 2.25. The molecule has 2 N–H and O–H groups in total. The van der Waals surface area contributed by atoms with Gasteiger partial charge in [-0.1, -0.05) is 96.8 Å². The van der Waals surface area contributed by atoms with Crippen molar-refractivity contribution in [3.8, 4) is 11.5 Å². The molecule has 0 radical (unpaired) electrons. The Kier molecular flexibility index (Phi) is 16.3. The molecule has 0 heterocycles. The number of unbranched alkanes of at least 4 members (excludes halogenated alkanes) is 14. The molecule has 0 unspecified atom stereocenters. The van der Waals surface area contributed by atoms with Gasteiger partial charge in [-0.2, -0.15) is 5.10 Å². The van der Waals surface area contributed by atoms with E-state index in [1.165, 1.54) is 96.6 Å². The molecule has 1 amide bonds. The van der Waals surface area contributed by atoms with Crippen molar-refractivity contribution in [1.29, 1.82) is 0 Å². The van der Waals surface area contributed by atoms with Gasteiger partial charge in [0, 0.05) is 6.42 Å². The number of nitrogens with one attached hydrogen (secondary N) is 1. The van der Waals surface area contributed by atoms with Gasteiger partial charge in [-0.05, 0) is 30.2 Å². The molecule has 0 aliphatic heterocycles. The lowest BCUT2D eigenvalue weighted by molar-refractivity contribution is -0.121. The van der Waals surface area contributed by atoms with Crippen LogP contribution >= 0.6 is 0 Å². The maximum absolute atomic E-state index is 11.9. The first-order valence-electron chi connectivity index (χ1n) is 12.4. The normalized spacial score (nSPS) is 11.2. The summed E-state index contributed by atoms with van der Waals surface area (Å²) in [5.74, 6) is 0.404. The van der Waals surface area contributed by atoms with Crippen LogP contribution in [0.4, 0.5) is 0 Å². The molecule has 5 heteroatoms. The fraction of sp³-hybridized carbons (Fsp3) is 0.692. The quantitative estimate of drug-likeness (QED) is 0.139. The Morgan fingerprint density at radius 1 is 0.903 bits per heavy atom. The number of methoxy groups -OCH3 is 1. The van der Waals surface area contributed by atoms with Crippen LogP contribution in [-0.2, 0) is 4.79 Å². The van der Waals surface area contributed by atoms with E-state index in [0.717, 1.165) is 18.4 Å². The number of benzene rings is 1. The van der Waals surface area contributed by atoms with Gasteiger partial charge in [-0.3, -0.25) is 4.79 Å². The lowest BCUT2D eigenvalue weighted by Gasteiger charge is -2.04. The molecule has 0 aromatic heterocycles. The van der Waals surface area contributed by atoms with Crippen LogP contribution in [0.5, 0.6) is 11.5 Å². The minimum atomic E-state index is -0.0586. The maximum Gasteiger partial charge on any atom is 0.240 e. The minimum absolute atomic E-state index is 0.0586. The van der Waals surface area contributed by atoms with Gasteiger partial charge in [0.1, 0.15) is 0 Å². The minimum Gasteiger partial charge on any atom is -0.504 e. The van der Waals surface area contributed by atoms with Gasteiger partial charge < -0.3 is 9.84 Å². The Bertz CT molecular complexity index is 617. The van der Waals surface area contributed by atoms with E-state index in [1.54, 1.807) is 18.3 Å². The van der Waals surface area contributed by atoms with E-state index in [1.807, 2.05) is 0 Å². The Morgan fingerprint density at radius 3 is 1.94 bits per heavy atom. The summed E-state index contributed by atoms with van der Waals surface area (Å²) in [5, 5.41) is 13.5. The topological polar surface area (TPSA) is 70.9 Å². The maximum atomic E-state index is 11.9. The molecule has 0 saturated carbocycles. The molecule has 1 rings (SSSR count). The first-order valence-corrected chi connectivity index (χ1v) is 12.4. The summed E-state index contributed by atoms with van der Waals surface area (Å²) in [4.78, 5) is 11.9. The fourth-order valence-corrected chi connectivity index (χ4v) is 3.67. The zero-order valence-corrected chi connectivity index (χ0v) is 19.8. The number of rotatable bonds is 19. The van der Waals surface area contributed by atoms with Crippen molar-refractivity contribution in [3.63, 3.8) is 0 Å². The van der Waals surface area contributed by atoms with Gasteiger partial charge >= 0.3 is 0 Å². The van der Waals surface area contributed by atoms with Crippen LogP contribution in [0.2, 0.25) is 0 Å². The number of hydrogen-bond acceptors (Lipinski definition) is 4. The summed E-state index contributed by atoms with van der Waals surface area (Å²) in [7, 11) is 1.50. The lowest BCUT2D eigenvalue weighted by atomic mass is 10.0. The SMILES string of the molecule is CCCCCCCCCCCCCCCCCC(=O)N/N=C/c1ccc(O)c(OC)c1. The number of carbonyl (C=O) groups is 1. The number of aromatic hydroxyl groups is 1. The number of phenols is 1. The predicted octanol–water partition coefficient (Wildman–Crippen LogP) is 7.11. The second kappa shape index (κ2) is 18.7. The van der Waals surface area contributed by atoms with Gasteiger partial charge in [-0.25, -0.2) is 5.43 Å². The molecule has 0 fully saturated rings.